The minimum atomic E-state index is -0.847. The number of hydrogen-bond acceptors (Lipinski definition) is 3. The minimum absolute atomic E-state index is 0.148. The van der Waals surface area contributed by atoms with Crippen molar-refractivity contribution in [1.29, 1.82) is 0 Å². The van der Waals surface area contributed by atoms with Crippen LogP contribution in [0.5, 0.6) is 0 Å². The van der Waals surface area contributed by atoms with Crippen molar-refractivity contribution in [3.8, 4) is 11.1 Å². The molecule has 0 aromatic heterocycles. The van der Waals surface area contributed by atoms with Crippen molar-refractivity contribution in [2.75, 3.05) is 4.90 Å². The van der Waals surface area contributed by atoms with Gasteiger partial charge in [0.1, 0.15) is 0 Å². The highest BCUT2D eigenvalue weighted by Crippen LogP contribution is 2.46. The van der Waals surface area contributed by atoms with E-state index in [1.54, 1.807) is 13.8 Å². The Kier molecular flexibility index (Phi) is 3.51. The normalized spacial score (nSPS) is 18.5. The smallest absolute Gasteiger partial charge is 0.241 e. The zero-order chi connectivity index (χ0) is 18.5. The summed E-state index contributed by atoms with van der Waals surface area (Å²) >= 11 is 0. The Balaban J connectivity index is 1.77. The van der Waals surface area contributed by atoms with Gasteiger partial charge in [0.25, 0.3) is 0 Å². The average molecular weight is 343 g/mol. The fourth-order valence-corrected chi connectivity index (χ4v) is 3.43. The summed E-state index contributed by atoms with van der Waals surface area (Å²) in [5.74, 6) is -1.32. The molecule has 0 unspecified atom stereocenters. The molecule has 0 saturated carbocycles. The molecule has 1 amide bonds. The molecule has 128 valence electrons. The van der Waals surface area contributed by atoms with Crippen molar-refractivity contribution < 1.29 is 14.4 Å². The largest absolute Gasteiger partial charge is 0.286 e. The maximum atomic E-state index is 13.0. The molecule has 4 rings (SSSR count). The van der Waals surface area contributed by atoms with Gasteiger partial charge in [0, 0.05) is 11.8 Å². The molecule has 26 heavy (non-hydrogen) atoms. The Morgan fingerprint density at radius 3 is 1.96 bits per heavy atom. The first-order chi connectivity index (χ1) is 12.4. The lowest BCUT2D eigenvalue weighted by Gasteiger charge is -2.20. The average Bonchev–Trinajstić information content (AvgIpc) is 2.83. The van der Waals surface area contributed by atoms with Crippen molar-refractivity contribution in [3.63, 3.8) is 0 Å². The molecule has 0 bridgehead atoms. The van der Waals surface area contributed by atoms with Gasteiger partial charge in [-0.15, -0.1) is 0 Å². The van der Waals surface area contributed by atoms with E-state index in [4.69, 9.17) is 0 Å². The highest BCUT2D eigenvalue weighted by atomic mass is 16.2. The second-order valence-electron chi connectivity index (χ2n) is 6.99. The number of fused-ring (bicyclic) bond motifs is 1. The molecule has 1 aliphatic heterocycles. The van der Waals surface area contributed by atoms with Crippen LogP contribution in [-0.4, -0.2) is 17.5 Å². The highest BCUT2D eigenvalue weighted by Gasteiger charge is 2.49. The zero-order valence-electron chi connectivity index (χ0n) is 14.5. The third kappa shape index (κ3) is 2.34. The highest BCUT2D eigenvalue weighted by molar-refractivity contribution is 6.47. The van der Waals surface area contributed by atoms with E-state index in [1.807, 2.05) is 54.6 Å². The van der Waals surface area contributed by atoms with Gasteiger partial charge >= 0.3 is 0 Å². The predicted molar refractivity (Wildman–Crippen MR) is 99.3 cm³/mol. The summed E-state index contributed by atoms with van der Waals surface area (Å²) in [7, 11) is 0. The molecule has 4 nitrogen and oxygen atoms in total. The summed E-state index contributed by atoms with van der Waals surface area (Å²) in [6.07, 6.45) is 2.57. The van der Waals surface area contributed by atoms with Crippen LogP contribution in [-0.2, 0) is 14.4 Å². The number of anilines is 1. The Morgan fingerprint density at radius 2 is 1.31 bits per heavy atom. The van der Waals surface area contributed by atoms with E-state index in [1.165, 1.54) is 17.1 Å². The van der Waals surface area contributed by atoms with Crippen LogP contribution in [0.25, 0.3) is 11.1 Å². The molecule has 1 saturated heterocycles. The topological polar surface area (TPSA) is 54.5 Å². The van der Waals surface area contributed by atoms with Gasteiger partial charge in [-0.25, -0.2) is 0 Å². The van der Waals surface area contributed by atoms with Crippen molar-refractivity contribution in [2.45, 2.75) is 13.8 Å². The summed E-state index contributed by atoms with van der Waals surface area (Å²) in [5.41, 5.74) is 3.06. The Hall–Kier alpha value is -3.27. The molecule has 0 atom stereocenters. The van der Waals surface area contributed by atoms with E-state index in [-0.39, 0.29) is 5.91 Å². The molecule has 1 aliphatic carbocycles. The van der Waals surface area contributed by atoms with Crippen LogP contribution in [0.4, 0.5) is 5.69 Å². The van der Waals surface area contributed by atoms with Gasteiger partial charge in [-0.05, 0) is 48.8 Å². The molecule has 2 aliphatic rings. The fourth-order valence-electron chi connectivity index (χ4n) is 3.43. The maximum absolute atomic E-state index is 13.0. The molecule has 0 spiro atoms. The Morgan fingerprint density at radius 1 is 0.731 bits per heavy atom. The number of nitrogens with zero attached hydrogens (tertiary/aromatic N) is 1. The zero-order valence-corrected chi connectivity index (χ0v) is 14.5. The minimum Gasteiger partial charge on any atom is -0.286 e. The molecule has 1 fully saturated rings. The third-order valence-electron chi connectivity index (χ3n) is 4.95. The fraction of sp³-hybridized carbons (Fsp3) is 0.136. The Labute approximate surface area is 151 Å². The summed E-state index contributed by atoms with van der Waals surface area (Å²) < 4.78 is 0. The van der Waals surface area contributed by atoms with Gasteiger partial charge < -0.3 is 0 Å². The SMILES string of the molecule is CC1(C)C(=O)N(c2ccc(-c3ccccc3)cc2)C2=CC(=O)C(=O)C=C21. The molecule has 0 N–H and O–H groups in total. The van der Waals surface area contributed by atoms with Crippen LogP contribution in [0.1, 0.15) is 13.8 Å². The van der Waals surface area contributed by atoms with Crippen molar-refractivity contribution in [2.24, 2.45) is 5.41 Å². The Bertz CT molecular complexity index is 995. The van der Waals surface area contributed by atoms with Crippen LogP contribution in [0.2, 0.25) is 0 Å². The first-order valence-corrected chi connectivity index (χ1v) is 8.42. The monoisotopic (exact) mass is 343 g/mol. The second kappa shape index (κ2) is 5.63. The number of allylic oxidation sites excluding steroid dienone is 3. The summed E-state index contributed by atoms with van der Waals surface area (Å²) in [4.78, 5) is 38.2. The molecular formula is C22H17NO3. The number of ketones is 2. The van der Waals surface area contributed by atoms with E-state index < -0.39 is 17.0 Å². The van der Waals surface area contributed by atoms with Gasteiger partial charge in [0.05, 0.1) is 11.1 Å². The number of benzene rings is 2. The lowest BCUT2D eigenvalue weighted by Crippen LogP contribution is -2.30. The molecule has 2 aromatic carbocycles. The molecule has 1 heterocycles. The number of carbonyl (C=O) groups excluding carboxylic acids is 3. The summed E-state index contributed by atoms with van der Waals surface area (Å²) in [6.45, 7) is 3.55. The number of rotatable bonds is 2. The van der Waals surface area contributed by atoms with Gasteiger partial charge in [-0.2, -0.15) is 0 Å². The van der Waals surface area contributed by atoms with Gasteiger partial charge in [-0.1, -0.05) is 42.5 Å². The molecular weight excluding hydrogens is 326 g/mol. The van der Waals surface area contributed by atoms with Crippen molar-refractivity contribution in [3.05, 3.63) is 78.0 Å². The van der Waals surface area contributed by atoms with Crippen molar-refractivity contribution >= 4 is 23.2 Å². The van der Waals surface area contributed by atoms with Crippen LogP contribution in [0.3, 0.4) is 0 Å². The van der Waals surface area contributed by atoms with Gasteiger partial charge in [0.2, 0.25) is 17.5 Å². The van der Waals surface area contributed by atoms with Gasteiger partial charge in [-0.3, -0.25) is 19.3 Å². The number of amides is 1. The van der Waals surface area contributed by atoms with Crippen molar-refractivity contribution in [1.82, 2.24) is 0 Å². The van der Waals surface area contributed by atoms with E-state index in [0.29, 0.717) is 17.0 Å². The first-order valence-electron chi connectivity index (χ1n) is 8.42. The standard InChI is InChI=1S/C22H17NO3/c1-22(2)17-12-19(24)20(25)13-18(17)23(21(22)26)16-10-8-15(9-11-16)14-6-4-3-5-7-14/h3-13H,1-2H3. The molecule has 4 heteroatoms. The number of carbonyl (C=O) groups is 3. The summed E-state index contributed by atoms with van der Waals surface area (Å²) in [6, 6.07) is 17.6. The maximum Gasteiger partial charge on any atom is 0.241 e. The molecule has 2 aromatic rings. The molecule has 0 radical (unpaired) electrons. The quantitative estimate of drug-likeness (QED) is 0.617. The van der Waals surface area contributed by atoms with E-state index in [0.717, 1.165) is 11.1 Å². The van der Waals surface area contributed by atoms with E-state index >= 15 is 0 Å². The predicted octanol–water partition coefficient (Wildman–Crippen LogP) is 3.69. The van der Waals surface area contributed by atoms with Gasteiger partial charge in [0.15, 0.2) is 0 Å². The first kappa shape index (κ1) is 16.2. The lowest BCUT2D eigenvalue weighted by atomic mass is 9.83. The third-order valence-corrected chi connectivity index (χ3v) is 4.95. The lowest BCUT2D eigenvalue weighted by molar-refractivity contribution is -0.131. The van der Waals surface area contributed by atoms with E-state index in [2.05, 4.69) is 0 Å². The van der Waals surface area contributed by atoms with Crippen LogP contribution >= 0.6 is 0 Å². The summed E-state index contributed by atoms with van der Waals surface area (Å²) in [5, 5.41) is 0. The van der Waals surface area contributed by atoms with E-state index in [9.17, 15) is 14.4 Å². The van der Waals surface area contributed by atoms with Crippen LogP contribution < -0.4 is 4.90 Å². The van der Waals surface area contributed by atoms with Crippen LogP contribution in [0, 0.1) is 5.41 Å². The number of hydrogen-bond donors (Lipinski definition) is 0. The second-order valence-corrected chi connectivity index (χ2v) is 6.99. The van der Waals surface area contributed by atoms with Crippen LogP contribution in [0.15, 0.2) is 78.0 Å².